The first-order valence-electron chi connectivity index (χ1n) is 18.8. The number of anilines is 1. The molecule has 0 saturated carbocycles. The molecule has 7 rings (SSSR count). The van der Waals surface area contributed by atoms with E-state index in [4.69, 9.17) is 25.8 Å². The van der Waals surface area contributed by atoms with Gasteiger partial charge < -0.3 is 24.8 Å². The van der Waals surface area contributed by atoms with Crippen LogP contribution in [0.25, 0.3) is 11.1 Å². The Bertz CT molecular complexity index is 2460. The first-order valence-corrected chi connectivity index (χ1v) is 19.2. The average molecular weight is 817 g/mol. The molecule has 1 saturated heterocycles. The first kappa shape index (κ1) is 40.5. The van der Waals surface area contributed by atoms with Gasteiger partial charge >= 0.3 is 0 Å². The number of hydrogen-bond acceptors (Lipinski definition) is 11. The second-order valence-corrected chi connectivity index (χ2v) is 14.1. The SMILES string of the molecule is N#Cc1cncc(COc2cc(OCc3cccc(-c4ccccc4F)c3Cl)ccc2CNCCOCCNc2cccc3c2C(=O)N(C2CCC(=O)NC2=O)C3=O)c1. The van der Waals surface area contributed by atoms with E-state index >= 15 is 0 Å². The lowest BCUT2D eigenvalue weighted by Gasteiger charge is -2.27. The fourth-order valence-corrected chi connectivity index (χ4v) is 7.11. The third-order valence-electron chi connectivity index (χ3n) is 9.76. The highest BCUT2D eigenvalue weighted by Crippen LogP contribution is 2.35. The van der Waals surface area contributed by atoms with E-state index in [1.54, 1.807) is 66.9 Å². The molecule has 1 atom stereocenters. The minimum atomic E-state index is -1.04. The van der Waals surface area contributed by atoms with Gasteiger partial charge in [-0.3, -0.25) is 34.4 Å². The molecule has 2 aliphatic heterocycles. The van der Waals surface area contributed by atoms with Crippen molar-refractivity contribution in [2.75, 3.05) is 31.6 Å². The zero-order valence-corrected chi connectivity index (χ0v) is 32.4. The molecule has 3 heterocycles. The monoisotopic (exact) mass is 816 g/mol. The predicted octanol–water partition coefficient (Wildman–Crippen LogP) is 6.19. The Balaban J connectivity index is 0.925. The van der Waals surface area contributed by atoms with Crippen molar-refractivity contribution in [3.8, 4) is 28.7 Å². The van der Waals surface area contributed by atoms with Gasteiger partial charge in [0.15, 0.2) is 0 Å². The summed E-state index contributed by atoms with van der Waals surface area (Å²) in [6.07, 6.45) is 3.24. The molecule has 1 fully saturated rings. The predicted molar refractivity (Wildman–Crippen MR) is 215 cm³/mol. The normalized spacial score (nSPS) is 14.8. The summed E-state index contributed by atoms with van der Waals surface area (Å²) in [4.78, 5) is 55.6. The van der Waals surface area contributed by atoms with Crippen molar-refractivity contribution in [2.24, 2.45) is 0 Å². The van der Waals surface area contributed by atoms with Gasteiger partial charge in [0.25, 0.3) is 11.8 Å². The van der Waals surface area contributed by atoms with Gasteiger partial charge in [0, 0.05) is 78.0 Å². The molecule has 4 aromatic carbocycles. The molecule has 5 aromatic rings. The number of hydrogen-bond donors (Lipinski definition) is 3. The molecule has 3 N–H and O–H groups in total. The summed E-state index contributed by atoms with van der Waals surface area (Å²) < 4.78 is 32.7. The van der Waals surface area contributed by atoms with E-state index in [2.05, 4.69) is 27.0 Å². The maximum absolute atomic E-state index is 14.6. The Morgan fingerprint density at radius 3 is 2.49 bits per heavy atom. The molecule has 0 bridgehead atoms. The van der Waals surface area contributed by atoms with Crippen molar-refractivity contribution in [1.82, 2.24) is 20.5 Å². The second-order valence-electron chi connectivity index (χ2n) is 13.7. The van der Waals surface area contributed by atoms with Crippen LogP contribution < -0.4 is 25.4 Å². The van der Waals surface area contributed by atoms with Crippen molar-refractivity contribution in [3.05, 3.63) is 142 Å². The van der Waals surface area contributed by atoms with Crippen LogP contribution in [-0.4, -0.2) is 65.9 Å². The highest BCUT2D eigenvalue weighted by molar-refractivity contribution is 6.34. The van der Waals surface area contributed by atoms with Gasteiger partial charge in [-0.1, -0.05) is 60.1 Å². The van der Waals surface area contributed by atoms with Gasteiger partial charge in [-0.25, -0.2) is 4.39 Å². The molecular weight excluding hydrogens is 779 g/mol. The van der Waals surface area contributed by atoms with E-state index < -0.39 is 29.7 Å². The van der Waals surface area contributed by atoms with E-state index in [0.29, 0.717) is 77.3 Å². The zero-order chi connectivity index (χ0) is 41.3. The number of rotatable bonds is 17. The Morgan fingerprint density at radius 2 is 1.66 bits per heavy atom. The fraction of sp³-hybridized carbons (Fsp3) is 0.227. The summed E-state index contributed by atoms with van der Waals surface area (Å²) >= 11 is 6.72. The van der Waals surface area contributed by atoms with Crippen LogP contribution in [0.4, 0.5) is 10.1 Å². The minimum absolute atomic E-state index is 0.0436. The van der Waals surface area contributed by atoms with Gasteiger partial charge in [0.1, 0.15) is 42.6 Å². The molecule has 13 nitrogen and oxygen atoms in total. The lowest BCUT2D eigenvalue weighted by atomic mass is 10.0. The number of pyridine rings is 1. The first-order chi connectivity index (χ1) is 28.7. The third-order valence-corrected chi connectivity index (χ3v) is 10.2. The molecule has 300 valence electrons. The topological polar surface area (TPSA) is 172 Å². The number of piperidine rings is 1. The standard InChI is InChI=1S/C44H38ClFN6O7/c45-41-30(5-3-7-33(41)32-6-1-2-9-35(32)46)26-58-31-12-11-29(38(20-31)59-25-28-19-27(21-47)22-49-23-28)24-48-15-17-57-18-16-50-36-10-4-8-34-40(36)44(56)52(43(34)55)37-13-14-39(53)51-42(37)54/h1-12,19-20,22-23,37,48,50H,13-18,24-26H2,(H,51,53,54). The van der Waals surface area contributed by atoms with Gasteiger partial charge in [-0.05, 0) is 36.8 Å². The molecule has 1 unspecified atom stereocenters. The van der Waals surface area contributed by atoms with Crippen molar-refractivity contribution in [3.63, 3.8) is 0 Å². The lowest BCUT2D eigenvalue weighted by molar-refractivity contribution is -0.136. The number of fused-ring (bicyclic) bond motifs is 1. The Hall–Kier alpha value is -6.66. The van der Waals surface area contributed by atoms with Crippen LogP contribution in [0.5, 0.6) is 11.5 Å². The van der Waals surface area contributed by atoms with E-state index in [0.717, 1.165) is 16.0 Å². The van der Waals surface area contributed by atoms with Gasteiger partial charge in [0.05, 0.1) is 34.9 Å². The number of carbonyl (C=O) groups is 4. The van der Waals surface area contributed by atoms with Crippen LogP contribution in [0.2, 0.25) is 5.02 Å². The number of imide groups is 2. The van der Waals surface area contributed by atoms with Crippen LogP contribution >= 0.6 is 11.6 Å². The van der Waals surface area contributed by atoms with Crippen LogP contribution in [0.15, 0.2) is 97.3 Å². The maximum atomic E-state index is 14.6. The lowest BCUT2D eigenvalue weighted by Crippen LogP contribution is -2.54. The van der Waals surface area contributed by atoms with Gasteiger partial charge in [-0.2, -0.15) is 5.26 Å². The van der Waals surface area contributed by atoms with Gasteiger partial charge in [0.2, 0.25) is 11.8 Å². The second kappa shape index (κ2) is 18.7. The number of amides is 4. The highest BCUT2D eigenvalue weighted by atomic mass is 35.5. The van der Waals surface area contributed by atoms with Crippen molar-refractivity contribution in [2.45, 2.75) is 38.6 Å². The fourth-order valence-electron chi connectivity index (χ4n) is 6.82. The number of ether oxygens (including phenoxy) is 3. The van der Waals surface area contributed by atoms with Crippen molar-refractivity contribution >= 4 is 40.9 Å². The Morgan fingerprint density at radius 1 is 0.864 bits per heavy atom. The number of nitriles is 1. The summed E-state index contributed by atoms with van der Waals surface area (Å²) in [5.74, 6) is -1.55. The number of nitrogens with zero attached hydrogens (tertiary/aromatic N) is 3. The Kier molecular flexibility index (Phi) is 12.9. The zero-order valence-electron chi connectivity index (χ0n) is 31.6. The molecule has 15 heteroatoms. The number of carbonyl (C=O) groups excluding carboxylic acids is 4. The van der Waals surface area contributed by atoms with E-state index in [-0.39, 0.29) is 43.0 Å². The van der Waals surface area contributed by atoms with Crippen LogP contribution in [0, 0.1) is 17.1 Å². The molecule has 0 aliphatic carbocycles. The van der Waals surface area contributed by atoms with Crippen molar-refractivity contribution in [1.29, 1.82) is 5.26 Å². The summed E-state index contributed by atoms with van der Waals surface area (Å²) in [7, 11) is 0. The molecule has 0 spiro atoms. The number of aromatic nitrogens is 1. The smallest absolute Gasteiger partial charge is 0.264 e. The maximum Gasteiger partial charge on any atom is 0.264 e. The Labute approximate surface area is 344 Å². The average Bonchev–Trinajstić information content (AvgIpc) is 3.50. The number of benzene rings is 4. The van der Waals surface area contributed by atoms with Gasteiger partial charge in [-0.15, -0.1) is 0 Å². The van der Waals surface area contributed by atoms with E-state index in [1.165, 1.54) is 12.3 Å². The van der Waals surface area contributed by atoms with E-state index in [1.807, 2.05) is 18.2 Å². The van der Waals surface area contributed by atoms with Crippen molar-refractivity contribution < 1.29 is 37.8 Å². The van der Waals surface area contributed by atoms with Crippen LogP contribution in [0.1, 0.15) is 55.8 Å². The van der Waals surface area contributed by atoms with E-state index in [9.17, 15) is 28.8 Å². The molecule has 1 aromatic heterocycles. The van der Waals surface area contributed by atoms with Crippen LogP contribution in [-0.2, 0) is 34.1 Å². The summed E-state index contributed by atoms with van der Waals surface area (Å²) in [6.45, 7) is 2.22. The van der Waals surface area contributed by atoms with Crippen LogP contribution in [0.3, 0.4) is 0 Å². The summed E-state index contributed by atoms with van der Waals surface area (Å²) in [5, 5.41) is 18.4. The number of nitrogens with one attached hydrogen (secondary N) is 3. The molecular formula is C44H38ClFN6O7. The molecule has 0 radical (unpaired) electrons. The summed E-state index contributed by atoms with van der Waals surface area (Å²) in [6, 6.07) is 25.0. The minimum Gasteiger partial charge on any atom is -0.489 e. The molecule has 4 amide bonds. The highest BCUT2D eigenvalue weighted by Gasteiger charge is 2.45. The third kappa shape index (κ3) is 9.39. The largest absolute Gasteiger partial charge is 0.489 e. The molecule has 2 aliphatic rings. The quantitative estimate of drug-likeness (QED) is 0.0722. The summed E-state index contributed by atoms with van der Waals surface area (Å²) in [5.41, 5.74) is 4.46. The molecule has 59 heavy (non-hydrogen) atoms. The number of halogens is 2.